The maximum atomic E-state index is 11.5. The van der Waals surface area contributed by atoms with Crippen LogP contribution >= 0.6 is 0 Å². The number of hydrogen-bond donors (Lipinski definition) is 4. The molecule has 1 atom stereocenters. The first-order valence-electron chi connectivity index (χ1n) is 8.36. The van der Waals surface area contributed by atoms with Gasteiger partial charge in [-0.25, -0.2) is 10.2 Å². The molecule has 8 nitrogen and oxygen atoms in total. The normalized spacial score (nSPS) is 11.8. The van der Waals surface area contributed by atoms with Gasteiger partial charge in [0, 0.05) is 25.3 Å². The van der Waals surface area contributed by atoms with Gasteiger partial charge in [-0.3, -0.25) is 4.79 Å². The van der Waals surface area contributed by atoms with E-state index in [1.54, 1.807) is 12.1 Å². The van der Waals surface area contributed by atoms with Crippen LogP contribution in [0.1, 0.15) is 25.8 Å². The molecule has 0 saturated carbocycles. The first kappa shape index (κ1) is 20.4. The first-order chi connectivity index (χ1) is 12.0. The van der Waals surface area contributed by atoms with Crippen molar-refractivity contribution in [3.8, 4) is 5.75 Å². The molecule has 0 aliphatic rings. The molecule has 0 saturated heterocycles. The molecule has 0 unspecified atom stereocenters. The van der Waals surface area contributed by atoms with Gasteiger partial charge in [0.25, 0.3) is 5.91 Å². The summed E-state index contributed by atoms with van der Waals surface area (Å²) in [5.74, 6) is 0.478. The predicted octanol–water partition coefficient (Wildman–Crippen LogP) is 0.766. The van der Waals surface area contributed by atoms with E-state index in [1.807, 2.05) is 26.0 Å². The zero-order chi connectivity index (χ0) is 18.5. The Morgan fingerprint density at radius 3 is 2.60 bits per heavy atom. The van der Waals surface area contributed by atoms with Crippen LogP contribution in [0.25, 0.3) is 0 Å². The summed E-state index contributed by atoms with van der Waals surface area (Å²) in [6.07, 6.45) is 2.93. The number of rotatable bonds is 10. The van der Waals surface area contributed by atoms with Gasteiger partial charge in [-0.15, -0.1) is 0 Å². The molecule has 0 aliphatic carbocycles. The van der Waals surface area contributed by atoms with E-state index in [0.717, 1.165) is 12.0 Å². The van der Waals surface area contributed by atoms with Crippen LogP contribution in [-0.2, 0) is 11.2 Å². The molecule has 0 aromatic heterocycles. The second-order valence-electron chi connectivity index (χ2n) is 5.35. The van der Waals surface area contributed by atoms with Crippen LogP contribution in [0.15, 0.2) is 29.4 Å². The van der Waals surface area contributed by atoms with Crippen molar-refractivity contribution >= 4 is 18.2 Å². The van der Waals surface area contributed by atoms with Gasteiger partial charge in [0.1, 0.15) is 5.75 Å². The molecule has 3 amide bonds. The summed E-state index contributed by atoms with van der Waals surface area (Å²) in [6, 6.07) is 6.85. The summed E-state index contributed by atoms with van der Waals surface area (Å²) < 4.78 is 5.37. The SMILES string of the molecule is CCNC(=O)COc1ccc(CCNC(=O)N/N=C/[C@@H](N)CC)cc1. The second-order valence-corrected chi connectivity index (χ2v) is 5.35. The standard InChI is InChI=1S/C17H27N5O3/c1-3-14(18)11-21-22-17(24)20-10-9-13-5-7-15(8-6-13)25-12-16(23)19-4-2/h5-8,11,14H,3-4,9-10,12,18H2,1-2H3,(H,19,23)(H2,20,22,24)/b21-11+/t14-/m0/s1. The number of carbonyl (C=O) groups excluding carboxylic acids is 2. The van der Waals surface area contributed by atoms with E-state index >= 15 is 0 Å². The van der Waals surface area contributed by atoms with Crippen molar-refractivity contribution in [3.63, 3.8) is 0 Å². The number of benzene rings is 1. The van der Waals surface area contributed by atoms with E-state index in [9.17, 15) is 9.59 Å². The van der Waals surface area contributed by atoms with Gasteiger partial charge in [0.2, 0.25) is 0 Å². The van der Waals surface area contributed by atoms with Gasteiger partial charge in [-0.05, 0) is 37.5 Å². The number of nitrogens with two attached hydrogens (primary N) is 1. The summed E-state index contributed by atoms with van der Waals surface area (Å²) >= 11 is 0. The molecular formula is C17H27N5O3. The third-order valence-corrected chi connectivity index (χ3v) is 3.27. The van der Waals surface area contributed by atoms with Gasteiger partial charge in [0.05, 0.1) is 0 Å². The van der Waals surface area contributed by atoms with Crippen molar-refractivity contribution in [3.05, 3.63) is 29.8 Å². The number of nitrogens with one attached hydrogen (secondary N) is 3. The highest BCUT2D eigenvalue weighted by atomic mass is 16.5. The molecule has 1 aromatic rings. The molecule has 25 heavy (non-hydrogen) atoms. The quantitative estimate of drug-likeness (QED) is 0.368. The monoisotopic (exact) mass is 349 g/mol. The van der Waals surface area contributed by atoms with Gasteiger partial charge in [-0.2, -0.15) is 5.10 Å². The fourth-order valence-corrected chi connectivity index (χ4v) is 1.81. The third-order valence-electron chi connectivity index (χ3n) is 3.27. The number of carbonyl (C=O) groups is 2. The lowest BCUT2D eigenvalue weighted by molar-refractivity contribution is -0.122. The lowest BCUT2D eigenvalue weighted by Crippen LogP contribution is -2.34. The largest absolute Gasteiger partial charge is 0.484 e. The van der Waals surface area contributed by atoms with Crippen molar-refractivity contribution < 1.29 is 14.3 Å². The molecule has 0 fully saturated rings. The highest BCUT2D eigenvalue weighted by molar-refractivity contribution is 5.77. The third kappa shape index (κ3) is 9.31. The van der Waals surface area contributed by atoms with E-state index < -0.39 is 0 Å². The minimum absolute atomic E-state index is 0.00286. The highest BCUT2D eigenvalue weighted by Crippen LogP contribution is 2.12. The maximum Gasteiger partial charge on any atom is 0.335 e. The molecule has 1 aromatic carbocycles. The lowest BCUT2D eigenvalue weighted by atomic mass is 10.1. The molecule has 138 valence electrons. The van der Waals surface area contributed by atoms with E-state index in [-0.39, 0.29) is 24.6 Å². The smallest absolute Gasteiger partial charge is 0.335 e. The minimum atomic E-state index is -0.374. The van der Waals surface area contributed by atoms with E-state index in [1.165, 1.54) is 6.21 Å². The van der Waals surface area contributed by atoms with Crippen LogP contribution in [0, 0.1) is 0 Å². The molecule has 0 aliphatic heterocycles. The Balaban J connectivity index is 2.26. The predicted molar refractivity (Wildman–Crippen MR) is 97.6 cm³/mol. The first-order valence-corrected chi connectivity index (χ1v) is 8.36. The Labute approximate surface area is 148 Å². The van der Waals surface area contributed by atoms with Gasteiger partial charge in [0.15, 0.2) is 6.61 Å². The number of hydrogen-bond acceptors (Lipinski definition) is 5. The van der Waals surface area contributed by atoms with Crippen LogP contribution in [0.3, 0.4) is 0 Å². The van der Waals surface area contributed by atoms with Gasteiger partial charge in [-0.1, -0.05) is 19.1 Å². The Kier molecular flexibility index (Phi) is 9.69. The van der Waals surface area contributed by atoms with Gasteiger partial charge >= 0.3 is 6.03 Å². The number of hydrazone groups is 1. The summed E-state index contributed by atoms with van der Waals surface area (Å²) in [5, 5.41) is 9.13. The van der Waals surface area contributed by atoms with Crippen molar-refractivity contribution in [1.82, 2.24) is 16.1 Å². The van der Waals surface area contributed by atoms with Crippen molar-refractivity contribution in [2.45, 2.75) is 32.7 Å². The van der Waals surface area contributed by atoms with E-state index in [2.05, 4.69) is 21.2 Å². The summed E-state index contributed by atoms with van der Waals surface area (Å²) in [5.41, 5.74) is 9.05. The fraction of sp³-hybridized carbons (Fsp3) is 0.471. The Hall–Kier alpha value is -2.61. The number of likely N-dealkylation sites (N-methyl/N-ethyl adjacent to an activating group) is 1. The van der Waals surface area contributed by atoms with Crippen molar-refractivity contribution in [2.24, 2.45) is 10.8 Å². The van der Waals surface area contributed by atoms with E-state index in [4.69, 9.17) is 10.5 Å². The van der Waals surface area contributed by atoms with Crippen LogP contribution < -0.4 is 26.5 Å². The zero-order valence-corrected chi connectivity index (χ0v) is 14.7. The van der Waals surface area contributed by atoms with Gasteiger partial charge < -0.3 is 21.1 Å². The lowest BCUT2D eigenvalue weighted by Gasteiger charge is -2.08. The van der Waals surface area contributed by atoms with Crippen molar-refractivity contribution in [1.29, 1.82) is 0 Å². The maximum absolute atomic E-state index is 11.5. The molecule has 0 heterocycles. The van der Waals surface area contributed by atoms with Crippen LogP contribution in [0.2, 0.25) is 0 Å². The minimum Gasteiger partial charge on any atom is -0.484 e. The van der Waals surface area contributed by atoms with Crippen LogP contribution in [0.4, 0.5) is 4.79 Å². The van der Waals surface area contributed by atoms with Crippen LogP contribution in [0.5, 0.6) is 5.75 Å². The molecule has 0 radical (unpaired) electrons. The number of ether oxygens (including phenoxy) is 1. The Bertz CT molecular complexity index is 560. The molecule has 8 heteroatoms. The molecular weight excluding hydrogens is 322 g/mol. The Morgan fingerprint density at radius 1 is 1.24 bits per heavy atom. The Morgan fingerprint density at radius 2 is 1.96 bits per heavy atom. The van der Waals surface area contributed by atoms with E-state index in [0.29, 0.717) is 25.3 Å². The topological polar surface area (TPSA) is 118 Å². The summed E-state index contributed by atoms with van der Waals surface area (Å²) in [7, 11) is 0. The zero-order valence-electron chi connectivity index (χ0n) is 14.7. The number of nitrogens with zero attached hydrogens (tertiary/aromatic N) is 1. The van der Waals surface area contributed by atoms with Crippen LogP contribution in [-0.4, -0.2) is 43.9 Å². The number of amides is 3. The average molecular weight is 349 g/mol. The fourth-order valence-electron chi connectivity index (χ4n) is 1.81. The second kappa shape index (κ2) is 11.9. The average Bonchev–Trinajstić information content (AvgIpc) is 2.61. The molecule has 5 N–H and O–H groups in total. The highest BCUT2D eigenvalue weighted by Gasteiger charge is 2.02. The summed E-state index contributed by atoms with van der Waals surface area (Å²) in [4.78, 5) is 22.8. The molecule has 0 spiro atoms. The number of urea groups is 1. The van der Waals surface area contributed by atoms with Crippen molar-refractivity contribution in [2.75, 3.05) is 19.7 Å². The summed E-state index contributed by atoms with van der Waals surface area (Å²) in [6.45, 7) is 4.84. The molecule has 1 rings (SSSR count). The molecule has 0 bridgehead atoms.